The van der Waals surface area contributed by atoms with Crippen molar-refractivity contribution in [1.29, 1.82) is 0 Å². The van der Waals surface area contributed by atoms with Crippen LogP contribution in [0.3, 0.4) is 0 Å². The molecule has 0 amide bonds. The van der Waals surface area contributed by atoms with Crippen molar-refractivity contribution in [2.45, 2.75) is 10.6 Å². The van der Waals surface area contributed by atoms with Gasteiger partial charge >= 0.3 is 5.97 Å². The first-order valence-electron chi connectivity index (χ1n) is 6.91. The number of aldehydes is 1. The molecule has 0 aromatic heterocycles. The Balaban J connectivity index is 0.000000816. The fourth-order valence-electron chi connectivity index (χ4n) is 1.81. The molecule has 0 heterocycles. The maximum absolute atomic E-state index is 11.7. The van der Waals surface area contributed by atoms with E-state index >= 15 is 0 Å². The number of methoxy groups -OCH3 is 2. The quantitative estimate of drug-likeness (QED) is 0.473. The third kappa shape index (κ3) is 5.88. The molecule has 0 aliphatic heterocycles. The van der Waals surface area contributed by atoms with Crippen LogP contribution < -0.4 is 0 Å². The summed E-state index contributed by atoms with van der Waals surface area (Å²) in [5.74, 6) is 0.278. The average molecular weight is 332 g/mol. The smallest absolute Gasteiger partial charge is 0.338 e. The maximum atomic E-state index is 11.7. The van der Waals surface area contributed by atoms with Crippen molar-refractivity contribution in [3.63, 3.8) is 0 Å². The third-order valence-electron chi connectivity index (χ3n) is 2.86. The van der Waals surface area contributed by atoms with Crippen molar-refractivity contribution in [2.75, 3.05) is 21.3 Å². The topological polar surface area (TPSA) is 52.6 Å². The molecule has 5 heteroatoms. The van der Waals surface area contributed by atoms with Gasteiger partial charge in [0.1, 0.15) is 6.29 Å². The van der Waals surface area contributed by atoms with E-state index in [4.69, 9.17) is 4.74 Å². The first kappa shape index (κ1) is 18.9. The number of ether oxygens (including phenoxy) is 2. The zero-order valence-electron chi connectivity index (χ0n) is 13.4. The van der Waals surface area contributed by atoms with E-state index in [1.807, 2.05) is 30.3 Å². The van der Waals surface area contributed by atoms with Crippen molar-refractivity contribution < 1.29 is 19.1 Å². The van der Waals surface area contributed by atoms with Crippen LogP contribution in [0.25, 0.3) is 0 Å². The van der Waals surface area contributed by atoms with E-state index in [2.05, 4.69) is 4.74 Å². The zero-order chi connectivity index (χ0) is 17.1. The van der Waals surface area contributed by atoms with Crippen LogP contribution in [0.5, 0.6) is 0 Å². The lowest BCUT2D eigenvalue weighted by atomic mass is 10.1. The fourth-order valence-corrected chi connectivity index (χ4v) is 2.86. The van der Waals surface area contributed by atoms with E-state index in [0.29, 0.717) is 16.9 Å². The molecule has 122 valence electrons. The van der Waals surface area contributed by atoms with Gasteiger partial charge in [-0.15, -0.1) is 11.8 Å². The molecule has 0 bridgehead atoms. The maximum Gasteiger partial charge on any atom is 0.338 e. The largest absolute Gasteiger partial charge is 0.465 e. The Kier molecular flexibility index (Phi) is 8.72. The Labute approximate surface area is 140 Å². The van der Waals surface area contributed by atoms with E-state index in [1.165, 1.54) is 18.9 Å². The molecule has 0 N–H and O–H groups in total. The second-order valence-corrected chi connectivity index (χ2v) is 5.52. The highest BCUT2D eigenvalue weighted by molar-refractivity contribution is 7.98. The summed E-state index contributed by atoms with van der Waals surface area (Å²) in [7, 11) is 4.62. The number of carbonyl (C=O) groups excluding carboxylic acids is 2. The Morgan fingerprint density at radius 3 is 2.30 bits per heavy atom. The van der Waals surface area contributed by atoms with Crippen molar-refractivity contribution in [3.05, 3.63) is 65.2 Å². The Bertz CT molecular complexity index is 640. The molecule has 0 saturated carbocycles. The van der Waals surface area contributed by atoms with Gasteiger partial charge in [-0.1, -0.05) is 36.4 Å². The van der Waals surface area contributed by atoms with Gasteiger partial charge in [0.05, 0.1) is 12.7 Å². The Hall–Kier alpha value is -2.11. The molecule has 2 aromatic carbocycles. The molecule has 0 spiro atoms. The number of benzene rings is 2. The number of carbonyl (C=O) groups is 2. The van der Waals surface area contributed by atoms with Gasteiger partial charge in [0.2, 0.25) is 0 Å². The van der Waals surface area contributed by atoms with Crippen molar-refractivity contribution in [1.82, 2.24) is 0 Å². The number of hydrogen-bond donors (Lipinski definition) is 0. The number of rotatable bonds is 5. The highest BCUT2D eigenvalue weighted by Crippen LogP contribution is 2.27. The molecule has 0 atom stereocenters. The van der Waals surface area contributed by atoms with Crippen LogP contribution in [-0.2, 0) is 15.2 Å². The van der Waals surface area contributed by atoms with Crippen LogP contribution in [0.1, 0.15) is 26.3 Å². The molecule has 0 aliphatic carbocycles. The summed E-state index contributed by atoms with van der Waals surface area (Å²) in [5.41, 5.74) is 2.17. The van der Waals surface area contributed by atoms with Crippen LogP contribution in [0.2, 0.25) is 0 Å². The normalized spacial score (nSPS) is 9.52. The summed E-state index contributed by atoms with van der Waals surface area (Å²) in [5, 5.41) is 0. The summed E-state index contributed by atoms with van der Waals surface area (Å²) >= 11 is 1.51. The Morgan fingerprint density at radius 2 is 1.65 bits per heavy atom. The Morgan fingerprint density at radius 1 is 1.04 bits per heavy atom. The molecule has 0 saturated heterocycles. The van der Waals surface area contributed by atoms with Crippen molar-refractivity contribution in [2.24, 2.45) is 0 Å². The lowest BCUT2D eigenvalue weighted by molar-refractivity contribution is 0.0596. The standard InChI is InChI=1S/C16H14O3S.C2H6O/c1-19-16(18)14-8-4-5-9-15(14)20-11-13-7-3-2-6-12(13)10-17;1-3-2/h2-10H,11H2,1H3;1-2H3. The summed E-state index contributed by atoms with van der Waals surface area (Å²) in [6.07, 6.45) is 0.849. The predicted octanol–water partition coefficient (Wildman–Crippen LogP) is 3.84. The van der Waals surface area contributed by atoms with Gasteiger partial charge < -0.3 is 9.47 Å². The summed E-state index contributed by atoms with van der Waals surface area (Å²) in [6.45, 7) is 0. The second kappa shape index (κ2) is 10.6. The van der Waals surface area contributed by atoms with Crippen LogP contribution in [0.4, 0.5) is 0 Å². The first-order valence-corrected chi connectivity index (χ1v) is 7.89. The van der Waals surface area contributed by atoms with Gasteiger partial charge in [-0.25, -0.2) is 4.79 Å². The molecular weight excluding hydrogens is 312 g/mol. The second-order valence-electron chi connectivity index (χ2n) is 4.50. The number of esters is 1. The van der Waals surface area contributed by atoms with Crippen LogP contribution in [0.15, 0.2) is 53.4 Å². The van der Waals surface area contributed by atoms with Gasteiger partial charge in [-0.3, -0.25) is 4.79 Å². The predicted molar refractivity (Wildman–Crippen MR) is 92.1 cm³/mol. The van der Waals surface area contributed by atoms with Gasteiger partial charge in [-0.05, 0) is 17.7 Å². The van der Waals surface area contributed by atoms with Gasteiger partial charge in [0.15, 0.2) is 0 Å². The SMILES string of the molecule is COC.COC(=O)c1ccccc1SCc1ccccc1C=O. The molecular formula is C18H20O4S. The van der Waals surface area contributed by atoms with E-state index in [9.17, 15) is 9.59 Å². The monoisotopic (exact) mass is 332 g/mol. The fraction of sp³-hybridized carbons (Fsp3) is 0.222. The van der Waals surface area contributed by atoms with E-state index in [1.54, 1.807) is 32.4 Å². The number of hydrogen-bond acceptors (Lipinski definition) is 5. The average Bonchev–Trinajstić information content (AvgIpc) is 2.60. The third-order valence-corrected chi connectivity index (χ3v) is 3.98. The molecule has 2 rings (SSSR count). The van der Waals surface area contributed by atoms with E-state index in [0.717, 1.165) is 16.7 Å². The summed E-state index contributed by atoms with van der Waals surface area (Å²) in [6, 6.07) is 14.7. The molecule has 23 heavy (non-hydrogen) atoms. The minimum atomic E-state index is -0.350. The highest BCUT2D eigenvalue weighted by Gasteiger charge is 2.11. The molecule has 0 unspecified atom stereocenters. The summed E-state index contributed by atoms with van der Waals surface area (Å²) in [4.78, 5) is 23.5. The van der Waals surface area contributed by atoms with Crippen LogP contribution in [-0.4, -0.2) is 33.6 Å². The van der Waals surface area contributed by atoms with E-state index < -0.39 is 0 Å². The van der Waals surface area contributed by atoms with Gasteiger partial charge in [-0.2, -0.15) is 0 Å². The van der Waals surface area contributed by atoms with Crippen molar-refractivity contribution in [3.8, 4) is 0 Å². The lowest BCUT2D eigenvalue weighted by Gasteiger charge is -2.08. The van der Waals surface area contributed by atoms with E-state index in [-0.39, 0.29) is 5.97 Å². The summed E-state index contributed by atoms with van der Waals surface area (Å²) < 4.78 is 9.02. The lowest BCUT2D eigenvalue weighted by Crippen LogP contribution is -2.02. The van der Waals surface area contributed by atoms with Gasteiger partial charge in [0.25, 0.3) is 0 Å². The molecule has 0 fully saturated rings. The van der Waals surface area contributed by atoms with Gasteiger partial charge in [0, 0.05) is 30.4 Å². The molecule has 2 aromatic rings. The molecule has 0 aliphatic rings. The minimum Gasteiger partial charge on any atom is -0.465 e. The van der Waals surface area contributed by atoms with Crippen LogP contribution in [0, 0.1) is 0 Å². The van der Waals surface area contributed by atoms with Crippen LogP contribution >= 0.6 is 11.8 Å². The number of thioether (sulfide) groups is 1. The zero-order valence-corrected chi connectivity index (χ0v) is 14.3. The van der Waals surface area contributed by atoms with Crippen molar-refractivity contribution >= 4 is 24.0 Å². The molecule has 4 nitrogen and oxygen atoms in total. The minimum absolute atomic E-state index is 0.350. The molecule has 0 radical (unpaired) electrons. The highest BCUT2D eigenvalue weighted by atomic mass is 32.2. The first-order chi connectivity index (χ1) is 11.2.